The molecule has 41 heavy (non-hydrogen) atoms. The Morgan fingerprint density at radius 2 is 1.63 bits per heavy atom. The van der Waals surface area contributed by atoms with Gasteiger partial charge in [-0.3, -0.25) is 9.59 Å². The molecule has 0 saturated carbocycles. The van der Waals surface area contributed by atoms with Crippen molar-refractivity contribution < 1.29 is 28.6 Å². The zero-order valence-corrected chi connectivity index (χ0v) is 23.4. The summed E-state index contributed by atoms with van der Waals surface area (Å²) in [5.74, 6) is 0.414. The molecule has 0 aromatic heterocycles. The normalized spacial score (nSPS) is 14.7. The van der Waals surface area contributed by atoms with E-state index in [4.69, 9.17) is 14.2 Å². The summed E-state index contributed by atoms with van der Waals surface area (Å²) in [5, 5.41) is 6.31. The van der Waals surface area contributed by atoms with Gasteiger partial charge in [-0.2, -0.15) is 0 Å². The van der Waals surface area contributed by atoms with Crippen LogP contribution in [0.25, 0.3) is 11.3 Å². The Morgan fingerprint density at radius 3 is 2.34 bits per heavy atom. The van der Waals surface area contributed by atoms with E-state index in [0.29, 0.717) is 70.6 Å². The molecule has 2 aliphatic heterocycles. The third-order valence-corrected chi connectivity index (χ3v) is 6.71. The van der Waals surface area contributed by atoms with E-state index in [9.17, 15) is 14.4 Å². The van der Waals surface area contributed by atoms with Crippen molar-refractivity contribution >= 4 is 46.1 Å². The van der Waals surface area contributed by atoms with Crippen LogP contribution in [0.15, 0.2) is 60.7 Å². The first-order valence-corrected chi connectivity index (χ1v) is 13.3. The van der Waals surface area contributed by atoms with E-state index in [-0.39, 0.29) is 18.4 Å². The Labute approximate surface area is 238 Å². The number of esters is 1. The summed E-state index contributed by atoms with van der Waals surface area (Å²) in [6, 6.07) is 17.9. The number of anilines is 3. The lowest BCUT2D eigenvalue weighted by atomic mass is 9.98. The molecule has 10 heteroatoms. The van der Waals surface area contributed by atoms with Gasteiger partial charge < -0.3 is 34.6 Å². The molecule has 5 rings (SSSR count). The maximum atomic E-state index is 13.4. The van der Waals surface area contributed by atoms with Crippen LogP contribution >= 0.6 is 0 Å². The summed E-state index contributed by atoms with van der Waals surface area (Å²) >= 11 is 0. The number of rotatable bonds is 8. The Kier molecular flexibility index (Phi) is 7.93. The summed E-state index contributed by atoms with van der Waals surface area (Å²) < 4.78 is 16.6. The lowest BCUT2D eigenvalue weighted by Gasteiger charge is -2.22. The van der Waals surface area contributed by atoms with Crippen LogP contribution < -0.4 is 25.0 Å². The average molecular weight is 557 g/mol. The van der Waals surface area contributed by atoms with Gasteiger partial charge in [0.1, 0.15) is 13.2 Å². The van der Waals surface area contributed by atoms with Crippen molar-refractivity contribution in [1.29, 1.82) is 0 Å². The molecular weight excluding hydrogens is 524 g/mol. The molecule has 0 atom stereocenters. The van der Waals surface area contributed by atoms with Crippen molar-refractivity contribution in [3.8, 4) is 11.5 Å². The number of amides is 2. The minimum atomic E-state index is -0.457. The number of likely N-dealkylation sites (N-methyl/N-ethyl adjacent to an activating group) is 2. The number of ether oxygens (including phenoxy) is 3. The highest BCUT2D eigenvalue weighted by molar-refractivity contribution is 6.37. The van der Waals surface area contributed by atoms with Gasteiger partial charge in [0.2, 0.25) is 5.91 Å². The predicted octanol–water partition coefficient (Wildman–Crippen LogP) is 4.09. The Morgan fingerprint density at radius 1 is 0.927 bits per heavy atom. The predicted molar refractivity (Wildman–Crippen MR) is 157 cm³/mol. The number of carbonyl (C=O) groups excluding carboxylic acids is 3. The molecule has 2 N–H and O–H groups in total. The first-order chi connectivity index (χ1) is 19.7. The molecular formula is C31H32N4O6. The largest absolute Gasteiger partial charge is 0.486 e. The number of nitrogens with zero attached hydrogens (tertiary/aromatic N) is 2. The lowest BCUT2D eigenvalue weighted by molar-refractivity contribution is -0.119. The SMILES string of the molecule is CCOC(=O)c1ccc2c(c1)NC(=O)/C2=C(\Nc1ccc(N(C)C(=O)CN(C)C)cc1)c1ccc2c(c1)OCCO2. The molecule has 0 aliphatic carbocycles. The zero-order valence-electron chi connectivity index (χ0n) is 23.4. The first-order valence-electron chi connectivity index (χ1n) is 13.3. The summed E-state index contributed by atoms with van der Waals surface area (Å²) in [6.45, 7) is 3.19. The Hall–Kier alpha value is -4.83. The van der Waals surface area contributed by atoms with Gasteiger partial charge in [0.25, 0.3) is 5.91 Å². The van der Waals surface area contributed by atoms with E-state index >= 15 is 0 Å². The van der Waals surface area contributed by atoms with Gasteiger partial charge in [0.15, 0.2) is 11.5 Å². The fourth-order valence-corrected chi connectivity index (χ4v) is 4.67. The van der Waals surface area contributed by atoms with Gasteiger partial charge in [-0.15, -0.1) is 0 Å². The van der Waals surface area contributed by atoms with Crippen LogP contribution in [0.5, 0.6) is 11.5 Å². The zero-order chi connectivity index (χ0) is 29.1. The molecule has 3 aromatic rings. The van der Waals surface area contributed by atoms with Crippen LogP contribution in [-0.4, -0.2) is 70.2 Å². The van der Waals surface area contributed by atoms with Crippen molar-refractivity contribution in [3.05, 3.63) is 77.4 Å². The number of carbonyl (C=O) groups is 3. The monoisotopic (exact) mass is 556 g/mol. The lowest BCUT2D eigenvalue weighted by Crippen LogP contribution is -2.34. The summed E-state index contributed by atoms with van der Waals surface area (Å²) in [4.78, 5) is 41.6. The molecule has 0 saturated heterocycles. The quantitative estimate of drug-likeness (QED) is 0.316. The maximum Gasteiger partial charge on any atom is 0.338 e. The van der Waals surface area contributed by atoms with Crippen LogP contribution in [0.2, 0.25) is 0 Å². The summed E-state index contributed by atoms with van der Waals surface area (Å²) in [6.07, 6.45) is 0. The smallest absolute Gasteiger partial charge is 0.338 e. The van der Waals surface area contributed by atoms with E-state index in [1.165, 1.54) is 0 Å². The molecule has 2 aliphatic rings. The van der Waals surface area contributed by atoms with Crippen LogP contribution in [0.1, 0.15) is 28.4 Å². The molecule has 212 valence electrons. The number of benzene rings is 3. The van der Waals surface area contributed by atoms with E-state index in [2.05, 4.69) is 10.6 Å². The molecule has 0 unspecified atom stereocenters. The third-order valence-electron chi connectivity index (χ3n) is 6.71. The van der Waals surface area contributed by atoms with Crippen LogP contribution in [-0.2, 0) is 14.3 Å². The fraction of sp³-hybridized carbons (Fsp3) is 0.258. The Bertz CT molecular complexity index is 1530. The first kappa shape index (κ1) is 27.7. The minimum Gasteiger partial charge on any atom is -0.486 e. The van der Waals surface area contributed by atoms with Gasteiger partial charge in [-0.25, -0.2) is 4.79 Å². The van der Waals surface area contributed by atoms with Crippen LogP contribution in [0.4, 0.5) is 17.1 Å². The highest BCUT2D eigenvalue weighted by atomic mass is 16.6. The number of fused-ring (bicyclic) bond motifs is 2. The topological polar surface area (TPSA) is 109 Å². The summed E-state index contributed by atoms with van der Waals surface area (Å²) in [7, 11) is 5.43. The molecule has 2 amide bonds. The van der Waals surface area contributed by atoms with Gasteiger partial charge in [0.05, 0.1) is 35.7 Å². The minimum absolute atomic E-state index is 0.0313. The van der Waals surface area contributed by atoms with Crippen molar-refractivity contribution in [1.82, 2.24) is 4.90 Å². The van der Waals surface area contributed by atoms with Gasteiger partial charge in [-0.05, 0) is 75.6 Å². The number of nitrogens with one attached hydrogen (secondary N) is 2. The van der Waals surface area contributed by atoms with Gasteiger partial charge in [0, 0.05) is 29.5 Å². The highest BCUT2D eigenvalue weighted by Crippen LogP contribution is 2.40. The van der Waals surface area contributed by atoms with Gasteiger partial charge in [-0.1, -0.05) is 6.07 Å². The molecule has 0 bridgehead atoms. The number of hydrogen-bond donors (Lipinski definition) is 2. The van der Waals surface area contributed by atoms with Crippen LogP contribution in [0, 0.1) is 0 Å². The molecule has 0 fully saturated rings. The van der Waals surface area contributed by atoms with E-state index < -0.39 is 5.97 Å². The summed E-state index contributed by atoms with van der Waals surface area (Å²) in [5.41, 5.74) is 4.64. The highest BCUT2D eigenvalue weighted by Gasteiger charge is 2.30. The average Bonchev–Trinajstić information content (AvgIpc) is 3.30. The second kappa shape index (κ2) is 11.7. The fourth-order valence-electron chi connectivity index (χ4n) is 4.67. The molecule has 10 nitrogen and oxygen atoms in total. The number of hydrogen-bond acceptors (Lipinski definition) is 8. The van der Waals surface area contributed by atoms with Gasteiger partial charge >= 0.3 is 5.97 Å². The molecule has 0 spiro atoms. The second-order valence-electron chi connectivity index (χ2n) is 9.91. The molecule has 3 aromatic carbocycles. The molecule has 2 heterocycles. The van der Waals surface area contributed by atoms with Crippen molar-refractivity contribution in [2.75, 3.05) is 63.0 Å². The van der Waals surface area contributed by atoms with E-state index in [0.717, 1.165) is 5.69 Å². The van der Waals surface area contributed by atoms with E-state index in [1.54, 1.807) is 37.1 Å². The Balaban J connectivity index is 1.54. The van der Waals surface area contributed by atoms with Crippen molar-refractivity contribution in [2.24, 2.45) is 0 Å². The molecule has 0 radical (unpaired) electrons. The van der Waals surface area contributed by atoms with E-state index in [1.807, 2.05) is 61.5 Å². The standard InChI is InChI=1S/C31H32N4O6/c1-5-39-31(38)20-6-12-23-24(16-20)33-30(37)28(23)29(19-7-13-25-26(17-19)41-15-14-40-25)32-21-8-10-22(11-9-21)35(4)27(36)18-34(2)3/h6-13,16-17,32H,5,14-15,18H2,1-4H3,(H,33,37)/b29-28-. The third kappa shape index (κ3) is 5.87. The van der Waals surface area contributed by atoms with Crippen molar-refractivity contribution in [2.45, 2.75) is 6.92 Å². The second-order valence-corrected chi connectivity index (χ2v) is 9.91. The van der Waals surface area contributed by atoms with Crippen LogP contribution in [0.3, 0.4) is 0 Å². The maximum absolute atomic E-state index is 13.4. The van der Waals surface area contributed by atoms with Crippen molar-refractivity contribution in [3.63, 3.8) is 0 Å².